The Bertz CT molecular complexity index is 891. The predicted octanol–water partition coefficient (Wildman–Crippen LogP) is 4.34. The van der Waals surface area contributed by atoms with Gasteiger partial charge in [-0.2, -0.15) is 0 Å². The molecule has 140 valence electrons. The van der Waals surface area contributed by atoms with Crippen LogP contribution in [0.15, 0.2) is 53.1 Å². The Kier molecular flexibility index (Phi) is 4.84. The average Bonchev–Trinajstić information content (AvgIpc) is 3.10. The summed E-state index contributed by atoms with van der Waals surface area (Å²) in [5, 5.41) is 1.10. The summed E-state index contributed by atoms with van der Waals surface area (Å²) < 4.78 is 5.88. The third-order valence-corrected chi connectivity index (χ3v) is 5.33. The first-order valence-corrected chi connectivity index (χ1v) is 9.54. The van der Waals surface area contributed by atoms with Crippen LogP contribution in [0.1, 0.15) is 35.9 Å². The standard InChI is InChI=1S/C22H25N3O2/c1-16-9-11-25(12-10-16)22(26)18-7-8-21(23-14-18)24(2)15-19-13-17-5-3-4-6-20(17)27-19/h3-8,13-14,16H,9-12,15H2,1-2H3. The first kappa shape index (κ1) is 17.6. The highest BCUT2D eigenvalue weighted by atomic mass is 16.3. The number of rotatable bonds is 4. The van der Waals surface area contributed by atoms with Gasteiger partial charge in [-0.3, -0.25) is 4.79 Å². The van der Waals surface area contributed by atoms with Crippen molar-refractivity contribution in [3.8, 4) is 0 Å². The van der Waals surface area contributed by atoms with Gasteiger partial charge in [0, 0.05) is 31.7 Å². The molecule has 1 fully saturated rings. The van der Waals surface area contributed by atoms with Crippen molar-refractivity contribution in [2.45, 2.75) is 26.3 Å². The zero-order valence-corrected chi connectivity index (χ0v) is 15.9. The highest BCUT2D eigenvalue weighted by Gasteiger charge is 2.21. The number of hydrogen-bond acceptors (Lipinski definition) is 4. The molecule has 2 aromatic heterocycles. The Balaban J connectivity index is 1.42. The fourth-order valence-electron chi connectivity index (χ4n) is 3.56. The fraction of sp³-hybridized carbons (Fsp3) is 0.364. The van der Waals surface area contributed by atoms with Gasteiger partial charge in [-0.1, -0.05) is 25.1 Å². The van der Waals surface area contributed by atoms with Gasteiger partial charge in [-0.15, -0.1) is 0 Å². The SMILES string of the molecule is CC1CCN(C(=O)c2ccc(N(C)Cc3cc4ccccc4o3)nc2)CC1. The maximum atomic E-state index is 12.6. The zero-order valence-electron chi connectivity index (χ0n) is 15.9. The summed E-state index contributed by atoms with van der Waals surface area (Å²) in [5.74, 6) is 2.50. The summed E-state index contributed by atoms with van der Waals surface area (Å²) in [7, 11) is 1.98. The summed E-state index contributed by atoms with van der Waals surface area (Å²) in [5.41, 5.74) is 1.55. The van der Waals surface area contributed by atoms with E-state index in [-0.39, 0.29) is 5.91 Å². The van der Waals surface area contributed by atoms with Crippen LogP contribution in [-0.4, -0.2) is 35.9 Å². The van der Waals surface area contributed by atoms with Gasteiger partial charge in [0.25, 0.3) is 5.91 Å². The summed E-state index contributed by atoms with van der Waals surface area (Å²) in [6.07, 6.45) is 3.85. The van der Waals surface area contributed by atoms with Gasteiger partial charge in [0.2, 0.25) is 0 Å². The highest BCUT2D eigenvalue weighted by Crippen LogP contribution is 2.22. The van der Waals surface area contributed by atoms with E-state index in [1.54, 1.807) is 6.20 Å². The molecule has 1 aromatic carbocycles. The lowest BCUT2D eigenvalue weighted by molar-refractivity contribution is 0.0697. The number of aromatic nitrogens is 1. The lowest BCUT2D eigenvalue weighted by Gasteiger charge is -2.30. The molecule has 0 unspecified atom stereocenters. The largest absolute Gasteiger partial charge is 0.459 e. The van der Waals surface area contributed by atoms with Crippen LogP contribution in [0.3, 0.4) is 0 Å². The predicted molar refractivity (Wildman–Crippen MR) is 107 cm³/mol. The molecule has 0 saturated carbocycles. The molecule has 3 heterocycles. The van der Waals surface area contributed by atoms with Gasteiger partial charge in [0.15, 0.2) is 0 Å². The Hall–Kier alpha value is -2.82. The molecular weight excluding hydrogens is 338 g/mol. The minimum absolute atomic E-state index is 0.0842. The number of likely N-dealkylation sites (tertiary alicyclic amines) is 1. The molecule has 27 heavy (non-hydrogen) atoms. The van der Waals surface area contributed by atoms with Crippen molar-refractivity contribution in [1.29, 1.82) is 0 Å². The second-order valence-corrected chi connectivity index (χ2v) is 7.49. The molecule has 0 aliphatic carbocycles. The van der Waals surface area contributed by atoms with E-state index in [0.717, 1.165) is 48.5 Å². The lowest BCUT2D eigenvalue weighted by atomic mass is 9.99. The molecular formula is C22H25N3O2. The van der Waals surface area contributed by atoms with E-state index in [1.165, 1.54) is 0 Å². The molecule has 4 rings (SSSR count). The lowest BCUT2D eigenvalue weighted by Crippen LogP contribution is -2.37. The maximum Gasteiger partial charge on any atom is 0.255 e. The van der Waals surface area contributed by atoms with E-state index in [2.05, 4.69) is 18.0 Å². The molecule has 0 radical (unpaired) electrons. The molecule has 1 amide bonds. The number of furan rings is 1. The van der Waals surface area contributed by atoms with Crippen LogP contribution >= 0.6 is 0 Å². The highest BCUT2D eigenvalue weighted by molar-refractivity contribution is 5.94. The second-order valence-electron chi connectivity index (χ2n) is 7.49. The van der Waals surface area contributed by atoms with E-state index in [0.29, 0.717) is 18.0 Å². The van der Waals surface area contributed by atoms with E-state index >= 15 is 0 Å². The molecule has 5 heteroatoms. The third kappa shape index (κ3) is 3.82. The number of benzene rings is 1. The van der Waals surface area contributed by atoms with E-state index in [4.69, 9.17) is 4.42 Å². The van der Waals surface area contributed by atoms with Crippen LogP contribution < -0.4 is 4.90 Å². The smallest absolute Gasteiger partial charge is 0.255 e. The van der Waals surface area contributed by atoms with Crippen LogP contribution in [0.2, 0.25) is 0 Å². The van der Waals surface area contributed by atoms with Gasteiger partial charge < -0.3 is 14.2 Å². The fourth-order valence-corrected chi connectivity index (χ4v) is 3.56. The topological polar surface area (TPSA) is 49.6 Å². The van der Waals surface area contributed by atoms with Crippen molar-refractivity contribution in [1.82, 2.24) is 9.88 Å². The van der Waals surface area contributed by atoms with Gasteiger partial charge in [0.05, 0.1) is 12.1 Å². The van der Waals surface area contributed by atoms with Crippen molar-refractivity contribution >= 4 is 22.7 Å². The first-order valence-electron chi connectivity index (χ1n) is 9.54. The summed E-state index contributed by atoms with van der Waals surface area (Å²) in [6, 6.07) is 13.8. The Labute approximate surface area is 159 Å². The Morgan fingerprint density at radius 3 is 2.70 bits per heavy atom. The summed E-state index contributed by atoms with van der Waals surface area (Å²) in [6.45, 7) is 4.55. The van der Waals surface area contributed by atoms with Gasteiger partial charge in [-0.25, -0.2) is 4.98 Å². The molecule has 5 nitrogen and oxygen atoms in total. The van der Waals surface area contributed by atoms with E-state index < -0.39 is 0 Å². The summed E-state index contributed by atoms with van der Waals surface area (Å²) in [4.78, 5) is 21.1. The van der Waals surface area contributed by atoms with Crippen LogP contribution in [0.5, 0.6) is 0 Å². The van der Waals surface area contributed by atoms with Crippen molar-refractivity contribution in [3.05, 3.63) is 60.0 Å². The molecule has 0 atom stereocenters. The Morgan fingerprint density at radius 1 is 1.22 bits per heavy atom. The molecule has 0 spiro atoms. The van der Waals surface area contributed by atoms with Crippen LogP contribution in [0.25, 0.3) is 11.0 Å². The number of fused-ring (bicyclic) bond motifs is 1. The molecule has 0 N–H and O–H groups in total. The molecule has 3 aromatic rings. The number of carbonyl (C=O) groups excluding carboxylic acids is 1. The second kappa shape index (κ2) is 7.43. The van der Waals surface area contributed by atoms with Gasteiger partial charge in [0.1, 0.15) is 17.2 Å². The minimum atomic E-state index is 0.0842. The maximum absolute atomic E-state index is 12.6. The van der Waals surface area contributed by atoms with Crippen LogP contribution in [-0.2, 0) is 6.54 Å². The van der Waals surface area contributed by atoms with Gasteiger partial charge in [-0.05, 0) is 43.0 Å². The van der Waals surface area contributed by atoms with Crippen molar-refractivity contribution in [2.24, 2.45) is 5.92 Å². The van der Waals surface area contributed by atoms with E-state index in [1.807, 2.05) is 53.2 Å². The summed E-state index contributed by atoms with van der Waals surface area (Å²) >= 11 is 0. The van der Waals surface area contributed by atoms with E-state index in [9.17, 15) is 4.79 Å². The molecule has 0 bridgehead atoms. The zero-order chi connectivity index (χ0) is 18.8. The third-order valence-electron chi connectivity index (χ3n) is 5.33. The molecule has 1 aliphatic rings. The number of para-hydroxylation sites is 1. The van der Waals surface area contributed by atoms with Gasteiger partial charge >= 0.3 is 0 Å². The van der Waals surface area contributed by atoms with Crippen LogP contribution in [0, 0.1) is 5.92 Å². The number of amides is 1. The molecule has 1 saturated heterocycles. The normalized spacial score (nSPS) is 15.3. The van der Waals surface area contributed by atoms with Crippen LogP contribution in [0.4, 0.5) is 5.82 Å². The minimum Gasteiger partial charge on any atom is -0.459 e. The average molecular weight is 363 g/mol. The molecule has 1 aliphatic heterocycles. The quantitative estimate of drug-likeness (QED) is 0.692. The number of nitrogens with zero attached hydrogens (tertiary/aromatic N) is 3. The monoisotopic (exact) mass is 363 g/mol. The Morgan fingerprint density at radius 2 is 2.00 bits per heavy atom. The number of pyridine rings is 1. The number of anilines is 1. The number of piperidine rings is 1. The van der Waals surface area contributed by atoms with Crippen molar-refractivity contribution < 1.29 is 9.21 Å². The number of hydrogen-bond donors (Lipinski definition) is 0. The first-order chi connectivity index (χ1) is 13.1. The van der Waals surface area contributed by atoms with Crippen molar-refractivity contribution in [2.75, 3.05) is 25.0 Å². The number of carbonyl (C=O) groups is 1. The van der Waals surface area contributed by atoms with Crippen molar-refractivity contribution in [3.63, 3.8) is 0 Å².